The van der Waals surface area contributed by atoms with Gasteiger partial charge in [0, 0.05) is 44.7 Å². The van der Waals surface area contributed by atoms with Gasteiger partial charge in [0.05, 0.1) is 18.1 Å². The van der Waals surface area contributed by atoms with Crippen molar-refractivity contribution in [2.75, 3.05) is 37.7 Å². The predicted octanol–water partition coefficient (Wildman–Crippen LogP) is 2.00. The van der Waals surface area contributed by atoms with Crippen molar-refractivity contribution in [1.82, 2.24) is 9.62 Å². The fraction of sp³-hybridized carbons (Fsp3) is 0.417. The first-order valence-electron chi connectivity index (χ1n) is 11.2. The van der Waals surface area contributed by atoms with E-state index in [0.29, 0.717) is 39.3 Å². The van der Waals surface area contributed by atoms with Crippen LogP contribution in [0.1, 0.15) is 29.5 Å². The Hall–Kier alpha value is -2.75. The summed E-state index contributed by atoms with van der Waals surface area (Å²) in [6, 6.07) is 12.5. The molecule has 2 aliphatic rings. The summed E-state index contributed by atoms with van der Waals surface area (Å²) in [5.41, 5.74) is 3.54. The van der Waals surface area contributed by atoms with E-state index < -0.39 is 10.0 Å². The van der Waals surface area contributed by atoms with Crippen molar-refractivity contribution in [1.29, 1.82) is 0 Å². The summed E-state index contributed by atoms with van der Waals surface area (Å²) >= 11 is 0. The second kappa shape index (κ2) is 10.0. The lowest BCUT2D eigenvalue weighted by atomic mass is 10.1. The standard InChI is InChI=1S/C24H29N3O5S/c1-18-2-4-19(5-3-18)17-25-33(30,31)21-6-7-22-20(16-21)10-11-27(22)24(29)9-8-23(28)26-12-14-32-15-13-26/h2-7,16,25H,8-15,17H2,1H3. The molecule has 0 spiro atoms. The molecular formula is C24H29N3O5S. The molecule has 2 aromatic carbocycles. The minimum atomic E-state index is -3.68. The van der Waals surface area contributed by atoms with Crippen LogP contribution in [0.4, 0.5) is 5.69 Å². The maximum Gasteiger partial charge on any atom is 0.240 e. The molecule has 0 bridgehead atoms. The number of aryl methyl sites for hydroxylation is 1. The molecule has 1 N–H and O–H groups in total. The minimum Gasteiger partial charge on any atom is -0.378 e. The number of fused-ring (bicyclic) bond motifs is 1. The first kappa shape index (κ1) is 23.4. The SMILES string of the molecule is Cc1ccc(CNS(=O)(=O)c2ccc3c(c2)CCN3C(=O)CCC(=O)N2CCOCC2)cc1. The number of sulfonamides is 1. The van der Waals surface area contributed by atoms with Gasteiger partial charge in [-0.25, -0.2) is 13.1 Å². The zero-order valence-electron chi connectivity index (χ0n) is 18.7. The van der Waals surface area contributed by atoms with E-state index in [0.717, 1.165) is 22.4 Å². The van der Waals surface area contributed by atoms with Gasteiger partial charge in [0.1, 0.15) is 0 Å². The lowest BCUT2D eigenvalue weighted by Gasteiger charge is -2.27. The van der Waals surface area contributed by atoms with Crippen molar-refractivity contribution in [3.05, 3.63) is 59.2 Å². The van der Waals surface area contributed by atoms with Crippen molar-refractivity contribution in [2.24, 2.45) is 0 Å². The second-order valence-corrected chi connectivity index (χ2v) is 10.2. The number of rotatable bonds is 7. The van der Waals surface area contributed by atoms with Gasteiger partial charge in [-0.2, -0.15) is 0 Å². The normalized spacial score (nSPS) is 16.0. The van der Waals surface area contributed by atoms with Crippen LogP contribution in [0, 0.1) is 6.92 Å². The molecule has 2 heterocycles. The number of amides is 2. The summed E-state index contributed by atoms with van der Waals surface area (Å²) in [7, 11) is -3.68. The number of ether oxygens (including phenoxy) is 1. The maximum atomic E-state index is 12.8. The third-order valence-corrected chi connectivity index (χ3v) is 7.46. The molecule has 4 rings (SSSR count). The van der Waals surface area contributed by atoms with E-state index >= 15 is 0 Å². The zero-order chi connectivity index (χ0) is 23.4. The molecule has 2 amide bonds. The quantitative estimate of drug-likeness (QED) is 0.666. The van der Waals surface area contributed by atoms with Crippen LogP contribution in [0.2, 0.25) is 0 Å². The van der Waals surface area contributed by atoms with Gasteiger partial charge in [-0.15, -0.1) is 0 Å². The molecule has 0 radical (unpaired) electrons. The lowest BCUT2D eigenvalue weighted by molar-refractivity contribution is -0.136. The predicted molar refractivity (Wildman–Crippen MR) is 124 cm³/mol. The van der Waals surface area contributed by atoms with Crippen LogP contribution in [0.5, 0.6) is 0 Å². The smallest absolute Gasteiger partial charge is 0.240 e. The molecule has 33 heavy (non-hydrogen) atoms. The van der Waals surface area contributed by atoms with Gasteiger partial charge in [0.2, 0.25) is 21.8 Å². The Labute approximate surface area is 194 Å². The number of hydrogen-bond donors (Lipinski definition) is 1. The van der Waals surface area contributed by atoms with Gasteiger partial charge in [-0.3, -0.25) is 9.59 Å². The van der Waals surface area contributed by atoms with E-state index in [4.69, 9.17) is 4.74 Å². The van der Waals surface area contributed by atoms with Gasteiger partial charge in [0.15, 0.2) is 0 Å². The zero-order valence-corrected chi connectivity index (χ0v) is 19.6. The molecule has 1 saturated heterocycles. The summed E-state index contributed by atoms with van der Waals surface area (Å²) in [5.74, 6) is -0.157. The summed E-state index contributed by atoms with van der Waals surface area (Å²) in [6.45, 7) is 4.87. The third kappa shape index (κ3) is 5.61. The topological polar surface area (TPSA) is 96.0 Å². The van der Waals surface area contributed by atoms with E-state index in [1.54, 1.807) is 21.9 Å². The summed E-state index contributed by atoms with van der Waals surface area (Å²) in [4.78, 5) is 28.7. The molecule has 0 saturated carbocycles. The Morgan fingerprint density at radius 1 is 0.970 bits per heavy atom. The highest BCUT2D eigenvalue weighted by Crippen LogP contribution is 2.31. The van der Waals surface area contributed by atoms with Crippen LogP contribution in [-0.4, -0.2) is 58.0 Å². The number of carbonyl (C=O) groups is 2. The Morgan fingerprint density at radius 3 is 2.39 bits per heavy atom. The molecule has 2 aromatic rings. The Morgan fingerprint density at radius 2 is 1.67 bits per heavy atom. The molecule has 9 heteroatoms. The van der Waals surface area contributed by atoms with Crippen molar-refractivity contribution in [2.45, 2.75) is 37.6 Å². The van der Waals surface area contributed by atoms with Gasteiger partial charge in [-0.1, -0.05) is 29.8 Å². The van der Waals surface area contributed by atoms with Crippen LogP contribution in [0.15, 0.2) is 47.4 Å². The highest BCUT2D eigenvalue weighted by Gasteiger charge is 2.27. The average Bonchev–Trinajstić information content (AvgIpc) is 3.26. The van der Waals surface area contributed by atoms with Crippen molar-refractivity contribution < 1.29 is 22.7 Å². The Bertz CT molecular complexity index is 1130. The Balaban J connectivity index is 1.37. The van der Waals surface area contributed by atoms with Crippen LogP contribution in [-0.2, 0) is 37.3 Å². The van der Waals surface area contributed by atoms with E-state index in [9.17, 15) is 18.0 Å². The van der Waals surface area contributed by atoms with Crippen molar-refractivity contribution in [3.8, 4) is 0 Å². The van der Waals surface area contributed by atoms with Crippen LogP contribution >= 0.6 is 0 Å². The fourth-order valence-electron chi connectivity index (χ4n) is 4.09. The largest absolute Gasteiger partial charge is 0.378 e. The molecule has 1 fully saturated rings. The number of benzene rings is 2. The molecular weight excluding hydrogens is 442 g/mol. The van der Waals surface area contributed by atoms with Gasteiger partial charge >= 0.3 is 0 Å². The monoisotopic (exact) mass is 471 g/mol. The average molecular weight is 472 g/mol. The minimum absolute atomic E-state index is 0.0350. The number of hydrogen-bond acceptors (Lipinski definition) is 5. The number of morpholine rings is 1. The van der Waals surface area contributed by atoms with Gasteiger partial charge in [-0.05, 0) is 42.7 Å². The Kier molecular flexibility index (Phi) is 7.11. The number of anilines is 1. The van der Waals surface area contributed by atoms with E-state index in [1.165, 1.54) is 6.07 Å². The van der Waals surface area contributed by atoms with Gasteiger partial charge in [0.25, 0.3) is 0 Å². The summed E-state index contributed by atoms with van der Waals surface area (Å²) in [6.07, 6.45) is 0.883. The summed E-state index contributed by atoms with van der Waals surface area (Å²) in [5, 5.41) is 0. The molecule has 0 aromatic heterocycles. The van der Waals surface area contributed by atoms with E-state index in [1.807, 2.05) is 31.2 Å². The molecule has 8 nitrogen and oxygen atoms in total. The van der Waals surface area contributed by atoms with Gasteiger partial charge < -0.3 is 14.5 Å². The number of nitrogens with one attached hydrogen (secondary N) is 1. The van der Waals surface area contributed by atoms with Crippen LogP contribution in [0.25, 0.3) is 0 Å². The molecule has 0 aliphatic carbocycles. The first-order valence-corrected chi connectivity index (χ1v) is 12.7. The van der Waals surface area contributed by atoms with E-state index in [-0.39, 0.29) is 36.1 Å². The lowest BCUT2D eigenvalue weighted by Crippen LogP contribution is -2.41. The van der Waals surface area contributed by atoms with Crippen molar-refractivity contribution >= 4 is 27.5 Å². The molecule has 0 atom stereocenters. The van der Waals surface area contributed by atoms with Crippen LogP contribution < -0.4 is 9.62 Å². The van der Waals surface area contributed by atoms with Crippen molar-refractivity contribution in [3.63, 3.8) is 0 Å². The molecule has 0 unspecified atom stereocenters. The molecule has 2 aliphatic heterocycles. The molecule has 176 valence electrons. The fourth-order valence-corrected chi connectivity index (χ4v) is 5.16. The highest BCUT2D eigenvalue weighted by molar-refractivity contribution is 7.89. The third-order valence-electron chi connectivity index (χ3n) is 6.06. The number of carbonyl (C=O) groups excluding carboxylic acids is 2. The van der Waals surface area contributed by atoms with E-state index in [2.05, 4.69) is 4.72 Å². The maximum absolute atomic E-state index is 12.8. The van der Waals surface area contributed by atoms with Crippen LogP contribution in [0.3, 0.4) is 0 Å². The second-order valence-electron chi connectivity index (χ2n) is 8.39. The highest BCUT2D eigenvalue weighted by atomic mass is 32.2. The first-order chi connectivity index (χ1) is 15.8. The number of nitrogens with zero attached hydrogens (tertiary/aromatic N) is 2. The summed E-state index contributed by atoms with van der Waals surface area (Å²) < 4.78 is 33.4.